The van der Waals surface area contributed by atoms with Crippen molar-refractivity contribution >= 4 is 16.2 Å². The third kappa shape index (κ3) is 6.57. The Labute approximate surface area is 102 Å². The number of ether oxygens (including phenoxy) is 1. The quantitative estimate of drug-likeness (QED) is 0.543. The molecule has 0 aromatic heterocycles. The van der Waals surface area contributed by atoms with Gasteiger partial charge in [-0.1, -0.05) is 20.8 Å². The summed E-state index contributed by atoms with van der Waals surface area (Å²) < 4.78 is 32.0. The van der Waals surface area contributed by atoms with Gasteiger partial charge >= 0.3 is 5.97 Å². The fourth-order valence-electron chi connectivity index (χ4n) is 1.07. The Bertz CT molecular complexity index is 347. The number of nitrogens with one attached hydrogen (secondary N) is 2. The number of carboxylic acids is 1. The molecule has 8 heteroatoms. The van der Waals surface area contributed by atoms with Crippen LogP contribution in [0.3, 0.4) is 0 Å². The van der Waals surface area contributed by atoms with Gasteiger partial charge in [0.15, 0.2) is 0 Å². The summed E-state index contributed by atoms with van der Waals surface area (Å²) in [5, 5.41) is 8.96. The van der Waals surface area contributed by atoms with Gasteiger partial charge in [0, 0.05) is 13.7 Å². The molecule has 17 heavy (non-hydrogen) atoms. The first-order chi connectivity index (χ1) is 7.60. The van der Waals surface area contributed by atoms with E-state index in [1.165, 1.54) is 7.11 Å². The minimum absolute atomic E-state index is 0.0856. The van der Waals surface area contributed by atoms with Gasteiger partial charge in [-0.2, -0.15) is 17.9 Å². The molecule has 1 unspecified atom stereocenters. The molecule has 0 radical (unpaired) electrons. The summed E-state index contributed by atoms with van der Waals surface area (Å²) in [5.74, 6) is -1.21. The molecular weight excluding hydrogens is 248 g/mol. The van der Waals surface area contributed by atoms with Crippen LogP contribution in [0.2, 0.25) is 0 Å². The Morgan fingerprint density at radius 3 is 2.29 bits per heavy atom. The highest BCUT2D eigenvalue weighted by atomic mass is 32.2. The molecule has 0 saturated carbocycles. The van der Waals surface area contributed by atoms with Crippen LogP contribution in [0.1, 0.15) is 20.8 Å². The van der Waals surface area contributed by atoms with Crippen molar-refractivity contribution in [3.63, 3.8) is 0 Å². The molecule has 1 atom stereocenters. The van der Waals surface area contributed by atoms with Crippen LogP contribution in [0.4, 0.5) is 0 Å². The lowest BCUT2D eigenvalue weighted by atomic mass is 9.88. The van der Waals surface area contributed by atoms with Gasteiger partial charge in [0.2, 0.25) is 0 Å². The highest BCUT2D eigenvalue weighted by molar-refractivity contribution is 7.87. The summed E-state index contributed by atoms with van der Waals surface area (Å²) in [6.45, 7) is 5.23. The molecule has 0 aromatic rings. The maximum Gasteiger partial charge on any atom is 0.322 e. The normalized spacial score (nSPS) is 14.6. The molecule has 0 spiro atoms. The highest BCUT2D eigenvalue weighted by Gasteiger charge is 2.34. The topological polar surface area (TPSA) is 105 Å². The van der Waals surface area contributed by atoms with E-state index in [1.807, 2.05) is 0 Å². The van der Waals surface area contributed by atoms with Crippen LogP contribution in [-0.4, -0.2) is 45.8 Å². The van der Waals surface area contributed by atoms with E-state index >= 15 is 0 Å². The third-order valence-electron chi connectivity index (χ3n) is 1.98. The number of carboxylic acid groups (broad SMARTS) is 1. The Kier molecular flexibility index (Phi) is 6.03. The predicted octanol–water partition coefficient (Wildman–Crippen LogP) is -0.444. The lowest BCUT2D eigenvalue weighted by Gasteiger charge is -2.27. The predicted molar refractivity (Wildman–Crippen MR) is 62.8 cm³/mol. The number of carbonyl (C=O) groups is 1. The van der Waals surface area contributed by atoms with Crippen molar-refractivity contribution in [1.29, 1.82) is 0 Å². The van der Waals surface area contributed by atoms with E-state index in [4.69, 9.17) is 5.11 Å². The van der Waals surface area contributed by atoms with Crippen LogP contribution >= 0.6 is 0 Å². The Balaban J connectivity index is 4.61. The van der Waals surface area contributed by atoms with Crippen molar-refractivity contribution < 1.29 is 23.1 Å². The maximum atomic E-state index is 11.5. The van der Waals surface area contributed by atoms with Crippen LogP contribution in [0.25, 0.3) is 0 Å². The molecule has 0 aliphatic heterocycles. The monoisotopic (exact) mass is 268 g/mol. The van der Waals surface area contributed by atoms with Crippen molar-refractivity contribution in [3.05, 3.63) is 0 Å². The standard InChI is InChI=1S/C9H20N2O5S/c1-9(2,3)7(8(12)13)11-17(14,15)10-5-6-16-4/h7,10-11H,5-6H2,1-4H3,(H,12,13). The summed E-state index contributed by atoms with van der Waals surface area (Å²) >= 11 is 0. The Morgan fingerprint density at radius 2 is 1.94 bits per heavy atom. The average Bonchev–Trinajstić information content (AvgIpc) is 2.12. The number of rotatable bonds is 7. The van der Waals surface area contributed by atoms with Crippen molar-refractivity contribution in [3.8, 4) is 0 Å². The number of hydrogen-bond acceptors (Lipinski definition) is 4. The largest absolute Gasteiger partial charge is 0.480 e. The van der Waals surface area contributed by atoms with Crippen molar-refractivity contribution in [2.45, 2.75) is 26.8 Å². The van der Waals surface area contributed by atoms with E-state index in [0.29, 0.717) is 0 Å². The summed E-state index contributed by atoms with van der Waals surface area (Å²) in [5.41, 5.74) is -0.720. The molecule has 0 fully saturated rings. The molecule has 7 nitrogen and oxygen atoms in total. The molecule has 0 amide bonds. The van der Waals surface area contributed by atoms with Crippen LogP contribution in [-0.2, 0) is 19.7 Å². The van der Waals surface area contributed by atoms with Crippen LogP contribution in [0.15, 0.2) is 0 Å². The fourth-order valence-corrected chi connectivity index (χ4v) is 2.27. The zero-order valence-electron chi connectivity index (χ0n) is 10.5. The van der Waals surface area contributed by atoms with Gasteiger partial charge in [-0.05, 0) is 5.41 Å². The third-order valence-corrected chi connectivity index (χ3v) is 3.11. The molecule has 3 N–H and O–H groups in total. The molecule has 0 aliphatic carbocycles. The van der Waals surface area contributed by atoms with Crippen LogP contribution in [0, 0.1) is 5.41 Å². The fraction of sp³-hybridized carbons (Fsp3) is 0.889. The Morgan fingerprint density at radius 1 is 1.41 bits per heavy atom. The van der Waals surface area contributed by atoms with Gasteiger partial charge in [-0.3, -0.25) is 4.79 Å². The van der Waals surface area contributed by atoms with E-state index in [1.54, 1.807) is 20.8 Å². The molecular formula is C9H20N2O5S. The van der Waals surface area contributed by atoms with Gasteiger partial charge in [0.25, 0.3) is 10.2 Å². The summed E-state index contributed by atoms with van der Waals surface area (Å²) in [4.78, 5) is 11.0. The van der Waals surface area contributed by atoms with Crippen LogP contribution < -0.4 is 9.44 Å². The SMILES string of the molecule is COCCNS(=O)(=O)NC(C(=O)O)C(C)(C)C. The van der Waals surface area contributed by atoms with E-state index in [-0.39, 0.29) is 13.2 Å². The van der Waals surface area contributed by atoms with Gasteiger partial charge in [0.1, 0.15) is 6.04 Å². The van der Waals surface area contributed by atoms with Gasteiger partial charge in [0.05, 0.1) is 6.61 Å². The Hall–Kier alpha value is -0.700. The van der Waals surface area contributed by atoms with Crippen molar-refractivity contribution in [1.82, 2.24) is 9.44 Å². The molecule has 102 valence electrons. The zero-order valence-corrected chi connectivity index (χ0v) is 11.3. The van der Waals surface area contributed by atoms with Crippen LogP contribution in [0.5, 0.6) is 0 Å². The summed E-state index contributed by atoms with van der Waals surface area (Å²) in [6, 6.07) is -1.19. The van der Waals surface area contributed by atoms with Crippen molar-refractivity contribution in [2.24, 2.45) is 5.41 Å². The molecule has 0 heterocycles. The number of methoxy groups -OCH3 is 1. The second kappa shape index (κ2) is 6.29. The summed E-state index contributed by atoms with van der Waals surface area (Å²) in [6.07, 6.45) is 0. The first kappa shape index (κ1) is 16.3. The van der Waals surface area contributed by atoms with E-state index in [2.05, 4.69) is 14.2 Å². The van der Waals surface area contributed by atoms with E-state index in [0.717, 1.165) is 0 Å². The van der Waals surface area contributed by atoms with Crippen molar-refractivity contribution in [2.75, 3.05) is 20.3 Å². The highest BCUT2D eigenvalue weighted by Crippen LogP contribution is 2.19. The molecule has 0 bridgehead atoms. The second-order valence-corrected chi connectivity index (χ2v) is 6.18. The maximum absolute atomic E-state index is 11.5. The summed E-state index contributed by atoms with van der Waals surface area (Å²) in [7, 11) is -2.40. The lowest BCUT2D eigenvalue weighted by molar-refractivity contribution is -0.141. The number of aliphatic carboxylic acids is 1. The molecule has 0 aromatic carbocycles. The van der Waals surface area contributed by atoms with Gasteiger partial charge < -0.3 is 9.84 Å². The first-order valence-electron chi connectivity index (χ1n) is 5.09. The molecule has 0 saturated heterocycles. The molecule has 0 rings (SSSR count). The second-order valence-electron chi connectivity index (χ2n) is 4.65. The van der Waals surface area contributed by atoms with Gasteiger partial charge in [-0.15, -0.1) is 0 Å². The van der Waals surface area contributed by atoms with E-state index < -0.39 is 27.6 Å². The minimum Gasteiger partial charge on any atom is -0.480 e. The zero-order chi connectivity index (χ0) is 13.7. The minimum atomic E-state index is -3.84. The van der Waals surface area contributed by atoms with E-state index in [9.17, 15) is 13.2 Å². The first-order valence-corrected chi connectivity index (χ1v) is 6.57. The number of hydrogen-bond donors (Lipinski definition) is 3. The smallest absolute Gasteiger partial charge is 0.322 e. The molecule has 0 aliphatic rings. The lowest BCUT2D eigenvalue weighted by Crippen LogP contribution is -2.52. The van der Waals surface area contributed by atoms with Gasteiger partial charge in [-0.25, -0.2) is 0 Å². The average molecular weight is 268 g/mol.